The molecule has 4 heterocycles. The summed E-state index contributed by atoms with van der Waals surface area (Å²) >= 11 is 0. The van der Waals surface area contributed by atoms with Gasteiger partial charge in [-0.25, -0.2) is 9.50 Å². The number of nitrogens with one attached hydrogen (secondary N) is 1. The predicted molar refractivity (Wildman–Crippen MR) is 87.9 cm³/mol. The first kappa shape index (κ1) is 14.6. The molecule has 0 saturated carbocycles. The second-order valence-electron chi connectivity index (χ2n) is 5.96. The summed E-state index contributed by atoms with van der Waals surface area (Å²) in [4.78, 5) is 35.0. The van der Waals surface area contributed by atoms with Crippen LogP contribution in [0.5, 0.6) is 0 Å². The Hall–Kier alpha value is -2.96. The third-order valence-corrected chi connectivity index (χ3v) is 4.48. The van der Waals surface area contributed by atoms with Crippen LogP contribution in [0.3, 0.4) is 0 Å². The first-order valence-electron chi connectivity index (χ1n) is 8.00. The van der Waals surface area contributed by atoms with E-state index in [1.807, 2.05) is 11.0 Å². The molecular formula is C17H17N5O2. The van der Waals surface area contributed by atoms with E-state index in [1.165, 1.54) is 4.52 Å². The zero-order valence-corrected chi connectivity index (χ0v) is 13.1. The third-order valence-electron chi connectivity index (χ3n) is 4.48. The maximum Gasteiger partial charge on any atom is 0.272 e. The number of nitrogens with zero attached hydrogens (tertiary/aromatic N) is 4. The maximum atomic E-state index is 12.4. The van der Waals surface area contributed by atoms with Crippen molar-refractivity contribution in [1.82, 2.24) is 24.5 Å². The van der Waals surface area contributed by atoms with Gasteiger partial charge in [0, 0.05) is 43.5 Å². The van der Waals surface area contributed by atoms with Gasteiger partial charge in [0.1, 0.15) is 5.69 Å². The minimum Gasteiger partial charge on any atom is -0.337 e. The summed E-state index contributed by atoms with van der Waals surface area (Å²) in [6.07, 6.45) is 4.92. The molecule has 0 bridgehead atoms. The van der Waals surface area contributed by atoms with E-state index in [2.05, 4.69) is 15.1 Å². The molecule has 0 aromatic carbocycles. The van der Waals surface area contributed by atoms with Crippen molar-refractivity contribution in [2.24, 2.45) is 0 Å². The van der Waals surface area contributed by atoms with Crippen LogP contribution in [0.2, 0.25) is 0 Å². The molecule has 24 heavy (non-hydrogen) atoms. The normalized spacial score (nSPS) is 15.8. The van der Waals surface area contributed by atoms with Gasteiger partial charge in [0.25, 0.3) is 11.5 Å². The number of piperidine rings is 1. The lowest BCUT2D eigenvalue weighted by atomic mass is 9.93. The minimum absolute atomic E-state index is 0.0387. The number of rotatable bonds is 2. The summed E-state index contributed by atoms with van der Waals surface area (Å²) < 4.78 is 1.42. The molecule has 7 nitrogen and oxygen atoms in total. The zero-order chi connectivity index (χ0) is 16.5. The third kappa shape index (κ3) is 2.58. The van der Waals surface area contributed by atoms with Crippen LogP contribution in [0, 0.1) is 0 Å². The average molecular weight is 323 g/mol. The molecule has 4 rings (SSSR count). The predicted octanol–water partition coefficient (Wildman–Crippen LogP) is 1.44. The summed E-state index contributed by atoms with van der Waals surface area (Å²) in [5.74, 6) is 0.161. The Kier molecular flexibility index (Phi) is 3.60. The molecule has 1 saturated heterocycles. The molecule has 1 aliphatic rings. The fourth-order valence-electron chi connectivity index (χ4n) is 3.19. The number of likely N-dealkylation sites (tertiary alicyclic amines) is 1. The summed E-state index contributed by atoms with van der Waals surface area (Å²) in [7, 11) is 0. The number of amides is 1. The van der Waals surface area contributed by atoms with Gasteiger partial charge in [0.15, 0.2) is 5.65 Å². The van der Waals surface area contributed by atoms with E-state index in [4.69, 9.17) is 0 Å². The highest BCUT2D eigenvalue weighted by Crippen LogP contribution is 2.26. The van der Waals surface area contributed by atoms with Gasteiger partial charge in [-0.05, 0) is 25.0 Å². The van der Waals surface area contributed by atoms with Crippen LogP contribution in [-0.4, -0.2) is 43.5 Å². The average Bonchev–Trinajstić information content (AvgIpc) is 3.11. The molecule has 3 aromatic heterocycles. The Bertz CT molecular complexity index is 923. The standard InChI is InChI=1S/C17H17N5O2/c23-16-11-14(20-15-4-8-19-22(15)16)12-5-9-21(10-6-12)17(24)13-3-1-2-7-18-13/h1-4,7-8,11-12,19H,5-6,9-10H2. The van der Waals surface area contributed by atoms with E-state index < -0.39 is 0 Å². The van der Waals surface area contributed by atoms with Crippen molar-refractivity contribution in [2.75, 3.05) is 13.1 Å². The van der Waals surface area contributed by atoms with Gasteiger partial charge >= 0.3 is 0 Å². The number of hydrogen-bond acceptors (Lipinski definition) is 4. The molecule has 0 spiro atoms. The van der Waals surface area contributed by atoms with Gasteiger partial charge in [-0.15, -0.1) is 0 Å². The van der Waals surface area contributed by atoms with Crippen LogP contribution in [0.4, 0.5) is 0 Å². The van der Waals surface area contributed by atoms with Gasteiger partial charge in [-0.1, -0.05) is 6.07 Å². The van der Waals surface area contributed by atoms with E-state index in [0.717, 1.165) is 18.5 Å². The first-order valence-corrected chi connectivity index (χ1v) is 8.00. The monoisotopic (exact) mass is 323 g/mol. The highest BCUT2D eigenvalue weighted by molar-refractivity contribution is 5.92. The summed E-state index contributed by atoms with van der Waals surface area (Å²) in [5, 5.41) is 2.84. The molecule has 1 aliphatic heterocycles. The smallest absolute Gasteiger partial charge is 0.272 e. The van der Waals surface area contributed by atoms with Gasteiger partial charge in [0.05, 0.1) is 5.69 Å². The Morgan fingerprint density at radius 2 is 2.04 bits per heavy atom. The van der Waals surface area contributed by atoms with Crippen molar-refractivity contribution in [3.05, 3.63) is 64.5 Å². The molecule has 0 radical (unpaired) electrons. The first-order chi connectivity index (χ1) is 11.7. The number of fused-ring (bicyclic) bond motifs is 1. The lowest BCUT2D eigenvalue weighted by Gasteiger charge is -2.31. The second-order valence-corrected chi connectivity index (χ2v) is 5.96. The molecule has 0 aliphatic carbocycles. The van der Waals surface area contributed by atoms with Crippen molar-refractivity contribution in [2.45, 2.75) is 18.8 Å². The SMILES string of the molecule is O=C(c1ccccn1)N1CCC(c2cc(=O)n3[nH]ccc3n2)CC1. The Morgan fingerprint density at radius 3 is 2.79 bits per heavy atom. The summed E-state index contributed by atoms with van der Waals surface area (Å²) in [5.41, 5.74) is 1.81. The number of aromatic nitrogens is 4. The van der Waals surface area contributed by atoms with Crippen molar-refractivity contribution >= 4 is 11.6 Å². The highest BCUT2D eigenvalue weighted by Gasteiger charge is 2.26. The van der Waals surface area contributed by atoms with Crippen LogP contribution in [-0.2, 0) is 0 Å². The van der Waals surface area contributed by atoms with Crippen molar-refractivity contribution in [3.8, 4) is 0 Å². The fourth-order valence-corrected chi connectivity index (χ4v) is 3.19. The van der Waals surface area contributed by atoms with E-state index in [-0.39, 0.29) is 17.4 Å². The molecule has 0 atom stereocenters. The molecule has 0 unspecified atom stereocenters. The maximum absolute atomic E-state index is 12.4. The van der Waals surface area contributed by atoms with E-state index >= 15 is 0 Å². The molecule has 1 N–H and O–H groups in total. The second kappa shape index (κ2) is 5.92. The minimum atomic E-state index is -0.105. The number of aromatic amines is 1. The number of pyridine rings is 1. The Balaban J connectivity index is 1.49. The molecule has 1 amide bonds. The fraction of sp³-hybridized carbons (Fsp3) is 0.294. The Labute approximate surface area is 138 Å². The van der Waals surface area contributed by atoms with Gasteiger partial charge in [-0.2, -0.15) is 0 Å². The van der Waals surface area contributed by atoms with Gasteiger partial charge < -0.3 is 4.90 Å². The quantitative estimate of drug-likeness (QED) is 0.773. The largest absolute Gasteiger partial charge is 0.337 e. The molecule has 3 aromatic rings. The number of carbonyl (C=O) groups excluding carboxylic acids is 1. The topological polar surface area (TPSA) is 83.4 Å². The summed E-state index contributed by atoms with van der Waals surface area (Å²) in [6, 6.07) is 8.71. The van der Waals surface area contributed by atoms with Gasteiger partial charge in [0.2, 0.25) is 0 Å². The van der Waals surface area contributed by atoms with Crippen LogP contribution in [0.25, 0.3) is 5.65 Å². The number of H-pyrrole nitrogens is 1. The molecule has 1 fully saturated rings. The van der Waals surface area contributed by atoms with Crippen LogP contribution < -0.4 is 5.56 Å². The van der Waals surface area contributed by atoms with Crippen LogP contribution in [0.1, 0.15) is 34.9 Å². The lowest BCUT2D eigenvalue weighted by Crippen LogP contribution is -2.38. The van der Waals surface area contributed by atoms with Crippen molar-refractivity contribution in [3.63, 3.8) is 0 Å². The summed E-state index contributed by atoms with van der Waals surface area (Å²) in [6.45, 7) is 1.29. The Morgan fingerprint density at radius 1 is 1.21 bits per heavy atom. The molecule has 122 valence electrons. The molecular weight excluding hydrogens is 306 g/mol. The number of carbonyl (C=O) groups is 1. The van der Waals surface area contributed by atoms with Gasteiger partial charge in [-0.3, -0.25) is 19.7 Å². The van der Waals surface area contributed by atoms with E-state index in [1.54, 1.807) is 36.7 Å². The van der Waals surface area contributed by atoms with Crippen molar-refractivity contribution < 1.29 is 4.79 Å². The highest BCUT2D eigenvalue weighted by atomic mass is 16.2. The molecule has 7 heteroatoms. The van der Waals surface area contributed by atoms with E-state index in [0.29, 0.717) is 24.4 Å². The lowest BCUT2D eigenvalue weighted by molar-refractivity contribution is 0.0706. The van der Waals surface area contributed by atoms with Crippen LogP contribution >= 0.6 is 0 Å². The van der Waals surface area contributed by atoms with Crippen LogP contribution in [0.15, 0.2) is 47.5 Å². The number of hydrogen-bond donors (Lipinski definition) is 1. The van der Waals surface area contributed by atoms with E-state index in [9.17, 15) is 9.59 Å². The zero-order valence-electron chi connectivity index (χ0n) is 13.1. The van der Waals surface area contributed by atoms with Crippen molar-refractivity contribution in [1.29, 1.82) is 0 Å².